The van der Waals surface area contributed by atoms with E-state index in [1.54, 1.807) is 42.5 Å². The number of hydrogen-bond acceptors (Lipinski definition) is 7. The number of Topliss-reactive ketones (excluding diaryl/α,β-unsaturated/α-hetero) is 1. The number of rotatable bonds is 8. The maximum atomic E-state index is 12.8. The Hall–Kier alpha value is -4.27. The Morgan fingerprint density at radius 3 is 2.53 bits per heavy atom. The molecule has 0 aliphatic carbocycles. The highest BCUT2D eigenvalue weighted by molar-refractivity contribution is 6.38. The van der Waals surface area contributed by atoms with E-state index < -0.39 is 23.6 Å². The van der Waals surface area contributed by atoms with Crippen LogP contribution in [0.4, 0.5) is 0 Å². The average molecular weight is 405 g/mol. The van der Waals surface area contributed by atoms with Gasteiger partial charge in [-0.05, 0) is 18.2 Å². The van der Waals surface area contributed by atoms with Crippen molar-refractivity contribution in [1.29, 1.82) is 5.41 Å². The van der Waals surface area contributed by atoms with E-state index in [0.717, 1.165) is 11.6 Å². The van der Waals surface area contributed by atoms with Crippen LogP contribution in [0.5, 0.6) is 0 Å². The van der Waals surface area contributed by atoms with Crippen molar-refractivity contribution in [3.63, 3.8) is 0 Å². The number of furan rings is 1. The number of ketones is 1. The highest BCUT2D eigenvalue weighted by Gasteiger charge is 2.28. The molecule has 9 heteroatoms. The Morgan fingerprint density at radius 1 is 1.13 bits per heavy atom. The van der Waals surface area contributed by atoms with Gasteiger partial charge in [0.15, 0.2) is 0 Å². The lowest BCUT2D eigenvalue weighted by atomic mass is 10.0. The number of fused-ring (bicyclic) bond motifs is 1. The monoisotopic (exact) mass is 405 g/mol. The Kier molecular flexibility index (Phi) is 6.02. The van der Waals surface area contributed by atoms with Crippen LogP contribution in [-0.2, 0) is 20.8 Å². The lowest BCUT2D eigenvalue weighted by Gasteiger charge is -2.17. The minimum Gasteiger partial charge on any atom is -0.464 e. The van der Waals surface area contributed by atoms with Crippen LogP contribution in [0, 0.1) is 5.41 Å². The Balaban J connectivity index is 1.91. The van der Waals surface area contributed by atoms with E-state index in [9.17, 15) is 14.4 Å². The van der Waals surface area contributed by atoms with E-state index in [2.05, 4.69) is 10.3 Å². The maximum Gasteiger partial charge on any atom is 0.287 e. The number of aromatic nitrogens is 1. The molecule has 0 aliphatic rings. The average Bonchev–Trinajstić information content (AvgIpc) is 3.16. The van der Waals surface area contributed by atoms with E-state index in [1.165, 1.54) is 12.5 Å². The summed E-state index contributed by atoms with van der Waals surface area (Å²) in [5, 5.41) is 10.8. The van der Waals surface area contributed by atoms with Crippen molar-refractivity contribution in [2.24, 2.45) is 11.5 Å². The SMILES string of the molecule is N=C/C(C(=O)NC(Cc1coc2ccccc12)C(=O)C(N)=O)=C(\N)c1ccccn1. The fourth-order valence-corrected chi connectivity index (χ4v) is 2.95. The predicted octanol–water partition coefficient (Wildman–Crippen LogP) is 0.929. The number of nitrogens with one attached hydrogen (secondary N) is 2. The van der Waals surface area contributed by atoms with Crippen molar-refractivity contribution in [3.8, 4) is 0 Å². The van der Waals surface area contributed by atoms with Gasteiger partial charge in [0.25, 0.3) is 11.8 Å². The largest absolute Gasteiger partial charge is 0.464 e. The molecule has 152 valence electrons. The highest BCUT2D eigenvalue weighted by atomic mass is 16.3. The molecule has 0 fully saturated rings. The summed E-state index contributed by atoms with van der Waals surface area (Å²) in [6.07, 6.45) is 3.68. The van der Waals surface area contributed by atoms with Gasteiger partial charge in [-0.3, -0.25) is 19.4 Å². The molecule has 3 rings (SSSR count). The van der Waals surface area contributed by atoms with Gasteiger partial charge in [-0.2, -0.15) is 0 Å². The van der Waals surface area contributed by atoms with Gasteiger partial charge in [-0.15, -0.1) is 0 Å². The zero-order valence-electron chi connectivity index (χ0n) is 15.8. The Bertz CT molecular complexity index is 1150. The second kappa shape index (κ2) is 8.82. The second-order valence-corrected chi connectivity index (χ2v) is 6.40. The number of nitrogens with two attached hydrogens (primary N) is 2. The molecule has 2 heterocycles. The second-order valence-electron chi connectivity index (χ2n) is 6.40. The van der Waals surface area contributed by atoms with Crippen LogP contribution in [0.3, 0.4) is 0 Å². The maximum absolute atomic E-state index is 12.8. The normalized spacial score (nSPS) is 12.7. The number of nitrogens with zero attached hydrogens (tertiary/aromatic N) is 1. The number of benzene rings is 1. The molecule has 2 aromatic heterocycles. The van der Waals surface area contributed by atoms with Crippen molar-refractivity contribution in [1.82, 2.24) is 10.3 Å². The number of amides is 2. The van der Waals surface area contributed by atoms with Crippen LogP contribution < -0.4 is 16.8 Å². The van der Waals surface area contributed by atoms with Gasteiger partial charge in [0.2, 0.25) is 5.78 Å². The first-order chi connectivity index (χ1) is 14.4. The molecule has 0 bridgehead atoms. The van der Waals surface area contributed by atoms with Crippen molar-refractivity contribution in [3.05, 3.63) is 71.8 Å². The van der Waals surface area contributed by atoms with Gasteiger partial charge in [0, 0.05) is 29.8 Å². The summed E-state index contributed by atoms with van der Waals surface area (Å²) >= 11 is 0. The summed E-state index contributed by atoms with van der Waals surface area (Å²) in [7, 11) is 0. The van der Waals surface area contributed by atoms with Gasteiger partial charge >= 0.3 is 0 Å². The number of carbonyl (C=O) groups excluding carboxylic acids is 3. The van der Waals surface area contributed by atoms with Crippen molar-refractivity contribution >= 4 is 40.5 Å². The van der Waals surface area contributed by atoms with E-state index in [4.69, 9.17) is 21.3 Å². The first-order valence-electron chi connectivity index (χ1n) is 8.93. The summed E-state index contributed by atoms with van der Waals surface area (Å²) in [5.74, 6) is -2.97. The predicted molar refractivity (Wildman–Crippen MR) is 110 cm³/mol. The summed E-state index contributed by atoms with van der Waals surface area (Å²) in [4.78, 5) is 40.7. The highest BCUT2D eigenvalue weighted by Crippen LogP contribution is 2.22. The van der Waals surface area contributed by atoms with Crippen LogP contribution >= 0.6 is 0 Å². The van der Waals surface area contributed by atoms with Gasteiger partial charge in [-0.1, -0.05) is 24.3 Å². The fraction of sp³-hybridized carbons (Fsp3) is 0.0952. The summed E-state index contributed by atoms with van der Waals surface area (Å²) in [6, 6.07) is 10.8. The molecular weight excluding hydrogens is 386 g/mol. The lowest BCUT2D eigenvalue weighted by molar-refractivity contribution is -0.138. The van der Waals surface area contributed by atoms with Crippen molar-refractivity contribution in [2.45, 2.75) is 12.5 Å². The van der Waals surface area contributed by atoms with Crippen LogP contribution in [0.2, 0.25) is 0 Å². The first kappa shape index (κ1) is 20.5. The quantitative estimate of drug-likeness (QED) is 0.247. The number of para-hydroxylation sites is 1. The third kappa shape index (κ3) is 4.25. The first-order valence-corrected chi connectivity index (χ1v) is 8.93. The summed E-state index contributed by atoms with van der Waals surface area (Å²) in [6.45, 7) is 0. The third-order valence-corrected chi connectivity index (χ3v) is 4.47. The molecule has 0 saturated heterocycles. The van der Waals surface area contributed by atoms with Gasteiger partial charge < -0.3 is 26.6 Å². The Morgan fingerprint density at radius 2 is 1.87 bits per heavy atom. The molecule has 9 nitrogen and oxygen atoms in total. The smallest absolute Gasteiger partial charge is 0.287 e. The van der Waals surface area contributed by atoms with E-state index in [-0.39, 0.29) is 17.7 Å². The molecule has 0 saturated carbocycles. The van der Waals surface area contributed by atoms with Crippen molar-refractivity contribution < 1.29 is 18.8 Å². The van der Waals surface area contributed by atoms with Gasteiger partial charge in [-0.25, -0.2) is 0 Å². The topological polar surface area (TPSA) is 165 Å². The number of carbonyl (C=O) groups is 3. The Labute approximate surface area is 171 Å². The molecule has 0 aliphatic heterocycles. The molecule has 2 amide bonds. The third-order valence-electron chi connectivity index (χ3n) is 4.47. The zero-order valence-corrected chi connectivity index (χ0v) is 15.8. The van der Waals surface area contributed by atoms with E-state index in [1.807, 2.05) is 0 Å². The molecule has 1 unspecified atom stereocenters. The molecule has 30 heavy (non-hydrogen) atoms. The molecule has 6 N–H and O–H groups in total. The van der Waals surface area contributed by atoms with Crippen LogP contribution in [0.15, 0.2) is 64.9 Å². The van der Waals surface area contributed by atoms with E-state index >= 15 is 0 Å². The van der Waals surface area contributed by atoms with E-state index in [0.29, 0.717) is 16.8 Å². The summed E-state index contributed by atoms with van der Waals surface area (Å²) < 4.78 is 5.45. The molecular formula is C21H19N5O4. The summed E-state index contributed by atoms with van der Waals surface area (Å²) in [5.41, 5.74) is 12.4. The zero-order chi connectivity index (χ0) is 21.7. The van der Waals surface area contributed by atoms with Crippen LogP contribution in [0.25, 0.3) is 16.7 Å². The standard InChI is InChI=1S/C21H19N5O4/c22-10-14(18(23)15-6-3-4-8-25-15)21(29)26-16(19(27)20(24)28)9-12-11-30-17-7-2-1-5-13(12)17/h1-8,10-11,16,22H,9,23H2,(H2,24,28)(H,26,29)/b18-14+,22-10?. The number of hydrogen-bond donors (Lipinski definition) is 4. The van der Waals surface area contributed by atoms with Gasteiger partial charge in [0.1, 0.15) is 11.6 Å². The fourth-order valence-electron chi connectivity index (χ4n) is 2.95. The number of pyridine rings is 1. The molecule has 1 aromatic carbocycles. The molecule has 1 atom stereocenters. The molecule has 0 spiro atoms. The van der Waals surface area contributed by atoms with Crippen molar-refractivity contribution in [2.75, 3.05) is 0 Å². The molecule has 3 aromatic rings. The number of primary amides is 1. The lowest BCUT2D eigenvalue weighted by Crippen LogP contribution is -2.48. The van der Waals surface area contributed by atoms with Gasteiger partial charge in [0.05, 0.1) is 23.2 Å². The van der Waals surface area contributed by atoms with Crippen LogP contribution in [0.1, 0.15) is 11.3 Å². The minimum atomic E-state index is -1.26. The molecule has 0 radical (unpaired) electrons. The minimum absolute atomic E-state index is 0.0285. The van der Waals surface area contributed by atoms with Crippen LogP contribution in [-0.4, -0.2) is 34.8 Å².